The molecule has 0 saturated heterocycles. The normalized spacial score (nSPS) is 10.4. The SMILES string of the molecule is Clc1ccc(CCNc2ccnc(Cl)n2)c(Cl)c1. The van der Waals surface area contributed by atoms with E-state index in [9.17, 15) is 0 Å². The molecule has 0 aliphatic carbocycles. The molecule has 0 saturated carbocycles. The van der Waals surface area contributed by atoms with E-state index in [2.05, 4.69) is 15.3 Å². The number of halogens is 3. The van der Waals surface area contributed by atoms with Gasteiger partial charge in [-0.2, -0.15) is 0 Å². The van der Waals surface area contributed by atoms with Gasteiger partial charge in [0, 0.05) is 22.8 Å². The van der Waals surface area contributed by atoms with Crippen molar-refractivity contribution in [3.05, 3.63) is 51.4 Å². The van der Waals surface area contributed by atoms with Crippen LogP contribution in [0.3, 0.4) is 0 Å². The van der Waals surface area contributed by atoms with Crippen LogP contribution in [0.4, 0.5) is 5.82 Å². The predicted molar refractivity (Wildman–Crippen MR) is 75.7 cm³/mol. The molecule has 0 aliphatic heterocycles. The van der Waals surface area contributed by atoms with Crippen LogP contribution in [-0.4, -0.2) is 16.5 Å². The minimum Gasteiger partial charge on any atom is -0.370 e. The molecule has 3 nitrogen and oxygen atoms in total. The predicted octanol–water partition coefficient (Wildman–Crippen LogP) is 4.09. The summed E-state index contributed by atoms with van der Waals surface area (Å²) in [7, 11) is 0. The lowest BCUT2D eigenvalue weighted by Crippen LogP contribution is -2.06. The van der Waals surface area contributed by atoms with Crippen LogP contribution in [0.2, 0.25) is 15.3 Å². The van der Waals surface area contributed by atoms with Gasteiger partial charge in [-0.15, -0.1) is 0 Å². The molecule has 2 rings (SSSR count). The van der Waals surface area contributed by atoms with E-state index in [0.717, 1.165) is 12.0 Å². The largest absolute Gasteiger partial charge is 0.370 e. The van der Waals surface area contributed by atoms with Crippen molar-refractivity contribution in [1.82, 2.24) is 9.97 Å². The Morgan fingerprint density at radius 2 is 1.94 bits per heavy atom. The molecule has 0 amide bonds. The van der Waals surface area contributed by atoms with Gasteiger partial charge in [0.25, 0.3) is 0 Å². The van der Waals surface area contributed by atoms with Crippen LogP contribution >= 0.6 is 34.8 Å². The zero-order valence-electron chi connectivity index (χ0n) is 9.33. The average Bonchev–Trinajstić information content (AvgIpc) is 2.32. The van der Waals surface area contributed by atoms with Gasteiger partial charge in [-0.05, 0) is 41.8 Å². The second kappa shape index (κ2) is 6.23. The van der Waals surface area contributed by atoms with Crippen molar-refractivity contribution in [2.24, 2.45) is 0 Å². The number of hydrogen-bond acceptors (Lipinski definition) is 3. The third-order valence-corrected chi connectivity index (χ3v) is 3.11. The quantitative estimate of drug-likeness (QED) is 0.864. The summed E-state index contributed by atoms with van der Waals surface area (Å²) in [6, 6.07) is 7.24. The summed E-state index contributed by atoms with van der Waals surface area (Å²) in [4.78, 5) is 7.84. The first-order valence-electron chi connectivity index (χ1n) is 5.31. The van der Waals surface area contributed by atoms with Crippen LogP contribution in [0.25, 0.3) is 0 Å². The van der Waals surface area contributed by atoms with Gasteiger partial charge < -0.3 is 5.32 Å². The zero-order chi connectivity index (χ0) is 13.0. The molecule has 1 aromatic carbocycles. The molecule has 0 radical (unpaired) electrons. The highest BCUT2D eigenvalue weighted by Crippen LogP contribution is 2.21. The summed E-state index contributed by atoms with van der Waals surface area (Å²) in [6.45, 7) is 0.703. The Kier molecular flexibility index (Phi) is 4.64. The van der Waals surface area contributed by atoms with E-state index in [1.54, 1.807) is 18.3 Å². The number of nitrogens with one attached hydrogen (secondary N) is 1. The molecule has 0 unspecified atom stereocenters. The molecule has 0 spiro atoms. The van der Waals surface area contributed by atoms with Crippen LogP contribution in [-0.2, 0) is 6.42 Å². The van der Waals surface area contributed by atoms with Gasteiger partial charge in [0.05, 0.1) is 0 Å². The van der Waals surface area contributed by atoms with Crippen LogP contribution in [0.15, 0.2) is 30.5 Å². The molecule has 2 aromatic rings. The first kappa shape index (κ1) is 13.4. The Morgan fingerprint density at radius 3 is 2.67 bits per heavy atom. The van der Waals surface area contributed by atoms with E-state index in [1.807, 2.05) is 12.1 Å². The third-order valence-electron chi connectivity index (χ3n) is 2.34. The number of hydrogen-bond donors (Lipinski definition) is 1. The van der Waals surface area contributed by atoms with Crippen molar-refractivity contribution >= 4 is 40.6 Å². The Balaban J connectivity index is 1.92. The van der Waals surface area contributed by atoms with Gasteiger partial charge in [-0.3, -0.25) is 0 Å². The Bertz CT molecular complexity index is 546. The second-order valence-electron chi connectivity index (χ2n) is 3.62. The van der Waals surface area contributed by atoms with E-state index in [4.69, 9.17) is 34.8 Å². The molecule has 0 aliphatic rings. The summed E-state index contributed by atoms with van der Waals surface area (Å²) in [5, 5.41) is 4.68. The number of aromatic nitrogens is 2. The molecule has 0 atom stereocenters. The molecule has 1 aromatic heterocycles. The monoisotopic (exact) mass is 301 g/mol. The molecule has 1 N–H and O–H groups in total. The van der Waals surface area contributed by atoms with Crippen LogP contribution < -0.4 is 5.32 Å². The number of anilines is 1. The van der Waals surface area contributed by atoms with Gasteiger partial charge in [-0.25, -0.2) is 9.97 Å². The summed E-state index contributed by atoms with van der Waals surface area (Å²) in [5.74, 6) is 0.695. The van der Waals surface area contributed by atoms with Gasteiger partial charge in [0.2, 0.25) is 5.28 Å². The van der Waals surface area contributed by atoms with E-state index in [-0.39, 0.29) is 5.28 Å². The van der Waals surface area contributed by atoms with Crippen LogP contribution in [0.1, 0.15) is 5.56 Å². The summed E-state index contributed by atoms with van der Waals surface area (Å²) < 4.78 is 0. The summed E-state index contributed by atoms with van der Waals surface area (Å²) >= 11 is 17.6. The van der Waals surface area contributed by atoms with Gasteiger partial charge in [0.15, 0.2) is 0 Å². The molecular formula is C12H10Cl3N3. The van der Waals surface area contributed by atoms with Crippen LogP contribution in [0, 0.1) is 0 Å². The van der Waals surface area contributed by atoms with E-state index in [1.165, 1.54) is 0 Å². The molecule has 94 valence electrons. The smallest absolute Gasteiger partial charge is 0.224 e. The first-order chi connectivity index (χ1) is 8.65. The van der Waals surface area contributed by atoms with E-state index < -0.39 is 0 Å². The molecular weight excluding hydrogens is 293 g/mol. The fourth-order valence-electron chi connectivity index (χ4n) is 1.48. The highest BCUT2D eigenvalue weighted by Gasteiger charge is 2.01. The van der Waals surface area contributed by atoms with Crippen LogP contribution in [0.5, 0.6) is 0 Å². The lowest BCUT2D eigenvalue weighted by molar-refractivity contribution is 1.000. The Morgan fingerprint density at radius 1 is 1.11 bits per heavy atom. The maximum atomic E-state index is 6.08. The van der Waals surface area contributed by atoms with Gasteiger partial charge in [-0.1, -0.05) is 29.3 Å². The van der Waals surface area contributed by atoms with Crippen molar-refractivity contribution in [2.75, 3.05) is 11.9 Å². The standard InChI is InChI=1S/C12H10Cl3N3/c13-9-2-1-8(10(14)7-9)3-5-16-11-4-6-17-12(15)18-11/h1-2,4,6-7H,3,5H2,(H,16,17,18). The van der Waals surface area contributed by atoms with E-state index in [0.29, 0.717) is 22.4 Å². The highest BCUT2D eigenvalue weighted by atomic mass is 35.5. The number of rotatable bonds is 4. The third kappa shape index (κ3) is 3.73. The van der Waals surface area contributed by atoms with Crippen molar-refractivity contribution < 1.29 is 0 Å². The molecule has 1 heterocycles. The van der Waals surface area contributed by atoms with E-state index >= 15 is 0 Å². The minimum absolute atomic E-state index is 0.226. The fourth-order valence-corrected chi connectivity index (χ4v) is 2.13. The lowest BCUT2D eigenvalue weighted by Gasteiger charge is -2.07. The maximum absolute atomic E-state index is 6.08. The Hall–Kier alpha value is -1.03. The van der Waals surface area contributed by atoms with Gasteiger partial charge >= 0.3 is 0 Å². The van der Waals surface area contributed by atoms with Crippen molar-refractivity contribution in [3.63, 3.8) is 0 Å². The first-order valence-corrected chi connectivity index (χ1v) is 6.45. The molecule has 18 heavy (non-hydrogen) atoms. The maximum Gasteiger partial charge on any atom is 0.224 e. The minimum atomic E-state index is 0.226. The Labute approximate surface area is 120 Å². The topological polar surface area (TPSA) is 37.8 Å². The number of benzene rings is 1. The second-order valence-corrected chi connectivity index (χ2v) is 4.81. The van der Waals surface area contributed by atoms with Crippen molar-refractivity contribution in [3.8, 4) is 0 Å². The molecule has 0 fully saturated rings. The highest BCUT2D eigenvalue weighted by molar-refractivity contribution is 6.35. The van der Waals surface area contributed by atoms with Gasteiger partial charge in [0.1, 0.15) is 5.82 Å². The lowest BCUT2D eigenvalue weighted by atomic mass is 10.1. The van der Waals surface area contributed by atoms with Crippen molar-refractivity contribution in [2.45, 2.75) is 6.42 Å². The fraction of sp³-hybridized carbons (Fsp3) is 0.167. The number of nitrogens with zero attached hydrogens (tertiary/aromatic N) is 2. The van der Waals surface area contributed by atoms with Crippen molar-refractivity contribution in [1.29, 1.82) is 0 Å². The zero-order valence-corrected chi connectivity index (χ0v) is 11.6. The molecule has 6 heteroatoms. The average molecular weight is 303 g/mol. The summed E-state index contributed by atoms with van der Waals surface area (Å²) in [5.41, 5.74) is 1.04. The summed E-state index contributed by atoms with van der Waals surface area (Å²) in [6.07, 6.45) is 2.38. The molecule has 0 bridgehead atoms.